The lowest BCUT2D eigenvalue weighted by Gasteiger charge is -2.18. The van der Waals surface area contributed by atoms with Crippen molar-refractivity contribution in [2.24, 2.45) is 5.92 Å². The average molecular weight is 235 g/mol. The third kappa shape index (κ3) is 2.61. The number of hydrogen-bond donors (Lipinski definition) is 1. The van der Waals surface area contributed by atoms with Gasteiger partial charge in [0.1, 0.15) is 0 Å². The second kappa shape index (κ2) is 5.74. The summed E-state index contributed by atoms with van der Waals surface area (Å²) in [6.07, 6.45) is 4.68. The Hall–Kier alpha value is -0.470. The summed E-state index contributed by atoms with van der Waals surface area (Å²) in [6, 6.07) is 9.45. The Morgan fingerprint density at radius 3 is 3.00 bits per heavy atom. The summed E-state index contributed by atoms with van der Waals surface area (Å²) < 4.78 is 0. The van der Waals surface area contributed by atoms with Crippen molar-refractivity contribution in [3.05, 3.63) is 35.4 Å². The zero-order chi connectivity index (χ0) is 11.4. The van der Waals surface area contributed by atoms with Crippen LogP contribution in [0.25, 0.3) is 0 Å². The molecule has 1 nitrogen and oxygen atoms in total. The van der Waals surface area contributed by atoms with E-state index in [1.165, 1.54) is 29.7 Å². The molecule has 0 radical (unpaired) electrons. The van der Waals surface area contributed by atoms with Gasteiger partial charge in [-0.25, -0.2) is 0 Å². The van der Waals surface area contributed by atoms with Crippen molar-refractivity contribution in [2.45, 2.75) is 25.8 Å². The summed E-state index contributed by atoms with van der Waals surface area (Å²) in [5.41, 5.74) is 3.07. The highest BCUT2D eigenvalue weighted by Crippen LogP contribution is 2.35. The van der Waals surface area contributed by atoms with Crippen LogP contribution in [-0.4, -0.2) is 18.6 Å². The van der Waals surface area contributed by atoms with Gasteiger partial charge >= 0.3 is 0 Å². The van der Waals surface area contributed by atoms with Gasteiger partial charge in [-0.05, 0) is 48.4 Å². The van der Waals surface area contributed by atoms with Crippen LogP contribution in [0.2, 0.25) is 0 Å². The number of rotatable bonds is 5. The number of nitrogens with one attached hydrogen (secondary N) is 1. The molecule has 1 N–H and O–H groups in total. The van der Waals surface area contributed by atoms with Gasteiger partial charge in [-0.15, -0.1) is 0 Å². The molecule has 0 heterocycles. The van der Waals surface area contributed by atoms with Gasteiger partial charge in [-0.1, -0.05) is 31.2 Å². The Bertz CT molecular complexity index is 337. The quantitative estimate of drug-likeness (QED) is 0.786. The first-order valence-corrected chi connectivity index (χ1v) is 7.52. The van der Waals surface area contributed by atoms with Crippen LogP contribution in [0.4, 0.5) is 0 Å². The zero-order valence-electron chi connectivity index (χ0n) is 10.2. The van der Waals surface area contributed by atoms with E-state index < -0.39 is 0 Å². The average Bonchev–Trinajstić information content (AvgIpc) is 2.61. The fraction of sp³-hybridized carbons (Fsp3) is 0.571. The van der Waals surface area contributed by atoms with Crippen LogP contribution in [0.3, 0.4) is 0 Å². The summed E-state index contributed by atoms with van der Waals surface area (Å²) in [6.45, 7) is 3.50. The highest BCUT2D eigenvalue weighted by Gasteiger charge is 2.27. The highest BCUT2D eigenvalue weighted by molar-refractivity contribution is 7.98. The molecule has 2 atom stereocenters. The van der Waals surface area contributed by atoms with Gasteiger partial charge in [0.2, 0.25) is 0 Å². The first-order valence-electron chi connectivity index (χ1n) is 6.13. The third-order valence-electron chi connectivity index (χ3n) is 3.39. The summed E-state index contributed by atoms with van der Waals surface area (Å²) in [7, 11) is 0. The lowest BCUT2D eigenvalue weighted by molar-refractivity contribution is 0.418. The molecule has 1 aliphatic rings. The second-order valence-corrected chi connectivity index (χ2v) is 5.64. The predicted molar refractivity (Wildman–Crippen MR) is 73.1 cm³/mol. The largest absolute Gasteiger partial charge is 0.310 e. The molecule has 0 saturated carbocycles. The third-order valence-corrected chi connectivity index (χ3v) is 4.09. The van der Waals surface area contributed by atoms with E-state index in [2.05, 4.69) is 42.8 Å². The van der Waals surface area contributed by atoms with Crippen LogP contribution in [-0.2, 0) is 6.42 Å². The van der Waals surface area contributed by atoms with E-state index >= 15 is 0 Å². The van der Waals surface area contributed by atoms with Crippen molar-refractivity contribution in [2.75, 3.05) is 18.6 Å². The maximum atomic E-state index is 3.71. The van der Waals surface area contributed by atoms with Crippen LogP contribution in [0.15, 0.2) is 24.3 Å². The molecule has 0 amide bonds. The topological polar surface area (TPSA) is 12.0 Å². The number of fused-ring (bicyclic) bond motifs is 1. The van der Waals surface area contributed by atoms with E-state index in [-0.39, 0.29) is 0 Å². The molecule has 0 saturated heterocycles. The van der Waals surface area contributed by atoms with Crippen LogP contribution in [0.1, 0.15) is 30.5 Å². The molecule has 0 fully saturated rings. The van der Waals surface area contributed by atoms with Crippen molar-refractivity contribution in [1.82, 2.24) is 5.32 Å². The summed E-state index contributed by atoms with van der Waals surface area (Å²) >= 11 is 1.93. The Morgan fingerprint density at radius 1 is 1.38 bits per heavy atom. The Kier molecular flexibility index (Phi) is 4.30. The molecule has 1 aromatic carbocycles. The molecule has 2 rings (SSSR count). The van der Waals surface area contributed by atoms with Crippen LogP contribution >= 0.6 is 11.8 Å². The first kappa shape index (κ1) is 12.0. The van der Waals surface area contributed by atoms with Gasteiger partial charge in [0.05, 0.1) is 0 Å². The SMILES string of the molecule is CSCCCNC1c2ccccc2CC1C. The minimum atomic E-state index is 0.582. The lowest BCUT2D eigenvalue weighted by atomic mass is 10.0. The number of hydrogen-bond acceptors (Lipinski definition) is 2. The Balaban J connectivity index is 1.94. The fourth-order valence-electron chi connectivity index (χ4n) is 2.58. The van der Waals surface area contributed by atoms with E-state index in [0.29, 0.717) is 6.04 Å². The van der Waals surface area contributed by atoms with Crippen LogP contribution in [0, 0.1) is 5.92 Å². The summed E-state index contributed by atoms with van der Waals surface area (Å²) in [5.74, 6) is 2.00. The first-order chi connectivity index (χ1) is 7.83. The fourth-order valence-corrected chi connectivity index (χ4v) is 3.01. The molecule has 88 valence electrons. The normalized spacial score (nSPS) is 23.4. The molecule has 0 bridgehead atoms. The molecule has 0 spiro atoms. The zero-order valence-corrected chi connectivity index (χ0v) is 11.0. The summed E-state index contributed by atoms with van der Waals surface area (Å²) in [4.78, 5) is 0. The number of thioether (sulfide) groups is 1. The maximum Gasteiger partial charge on any atom is 0.0351 e. The minimum absolute atomic E-state index is 0.582. The molecule has 0 aromatic heterocycles. The molecule has 16 heavy (non-hydrogen) atoms. The van der Waals surface area contributed by atoms with Crippen molar-refractivity contribution < 1.29 is 0 Å². The van der Waals surface area contributed by atoms with E-state index in [1.54, 1.807) is 0 Å². The second-order valence-electron chi connectivity index (χ2n) is 4.66. The minimum Gasteiger partial charge on any atom is -0.310 e. The van der Waals surface area contributed by atoms with Gasteiger partial charge < -0.3 is 5.32 Å². The Labute approximate surface area is 103 Å². The smallest absolute Gasteiger partial charge is 0.0351 e. The van der Waals surface area contributed by atoms with Gasteiger partial charge in [0, 0.05) is 6.04 Å². The standard InChI is InChI=1S/C14H21NS/c1-11-10-12-6-3-4-7-13(12)14(11)15-8-5-9-16-2/h3-4,6-7,11,14-15H,5,8-10H2,1-2H3. The monoisotopic (exact) mass is 235 g/mol. The van der Waals surface area contributed by atoms with Gasteiger partial charge in [0.25, 0.3) is 0 Å². The molecular formula is C14H21NS. The highest BCUT2D eigenvalue weighted by atomic mass is 32.2. The maximum absolute atomic E-state index is 3.71. The van der Waals surface area contributed by atoms with Crippen molar-refractivity contribution in [3.63, 3.8) is 0 Å². The number of benzene rings is 1. The summed E-state index contributed by atoms with van der Waals surface area (Å²) in [5, 5.41) is 3.71. The van der Waals surface area contributed by atoms with Crippen LogP contribution in [0.5, 0.6) is 0 Å². The lowest BCUT2D eigenvalue weighted by Crippen LogP contribution is -2.25. The van der Waals surface area contributed by atoms with Crippen molar-refractivity contribution >= 4 is 11.8 Å². The molecule has 2 unspecified atom stereocenters. The van der Waals surface area contributed by atoms with Gasteiger partial charge in [-0.3, -0.25) is 0 Å². The van der Waals surface area contributed by atoms with Crippen molar-refractivity contribution in [1.29, 1.82) is 0 Å². The van der Waals surface area contributed by atoms with Crippen molar-refractivity contribution in [3.8, 4) is 0 Å². The van der Waals surface area contributed by atoms with Gasteiger partial charge in [-0.2, -0.15) is 11.8 Å². The molecule has 0 aliphatic heterocycles. The van der Waals surface area contributed by atoms with E-state index in [4.69, 9.17) is 0 Å². The Morgan fingerprint density at radius 2 is 2.19 bits per heavy atom. The van der Waals surface area contributed by atoms with Crippen LogP contribution < -0.4 is 5.32 Å². The molecule has 1 aromatic rings. The van der Waals surface area contributed by atoms with E-state index in [1.807, 2.05) is 11.8 Å². The molecule has 2 heteroatoms. The van der Waals surface area contributed by atoms with E-state index in [0.717, 1.165) is 12.5 Å². The molecular weight excluding hydrogens is 214 g/mol. The van der Waals surface area contributed by atoms with E-state index in [9.17, 15) is 0 Å². The predicted octanol–water partition coefficient (Wildman–Crippen LogP) is 3.26. The van der Waals surface area contributed by atoms with Gasteiger partial charge in [0.15, 0.2) is 0 Å². The molecule has 1 aliphatic carbocycles.